The summed E-state index contributed by atoms with van der Waals surface area (Å²) < 4.78 is 10.5. The molecule has 0 bridgehead atoms. The molecule has 0 aliphatic rings. The van der Waals surface area contributed by atoms with E-state index in [9.17, 15) is 0 Å². The second kappa shape index (κ2) is 24.8. The van der Waals surface area contributed by atoms with Gasteiger partial charge in [-0.2, -0.15) is 0 Å². The van der Waals surface area contributed by atoms with Crippen molar-refractivity contribution in [3.05, 3.63) is 250 Å². The monoisotopic (exact) mass is 1150 g/mol. The summed E-state index contributed by atoms with van der Waals surface area (Å²) in [6.07, 6.45) is 0. The third-order valence-corrected chi connectivity index (χ3v) is 19.6. The summed E-state index contributed by atoms with van der Waals surface area (Å²) in [6.45, 7) is 22.1. The number of fused-ring (bicyclic) bond motifs is 2. The second-order valence-corrected chi connectivity index (χ2v) is 25.9. The van der Waals surface area contributed by atoms with Crippen molar-refractivity contribution in [3.63, 3.8) is 0 Å². The SMILES string of the molecule is COc1ccc(C(N)(c2ccc(OC)cc2)[C@@H](N)C(C)C)cc1.Cc1cc(C)cc(P(c2cc(C)cc(C)c2)c2ccc3ccccc3c2-c2c(P(c3cc(C)cc(C)c3)c3cc(C)cc(C)c3)ccc3ccccc23)c1.[Ru]. The van der Waals surface area contributed by atoms with E-state index in [0.29, 0.717) is 0 Å². The molecule has 0 radical (unpaired) electrons. The Morgan fingerprint density at radius 2 is 0.667 bits per heavy atom. The van der Waals surface area contributed by atoms with Crippen molar-refractivity contribution in [2.24, 2.45) is 17.4 Å². The molecule has 0 saturated heterocycles. The number of rotatable bonds is 13. The molecule has 0 aliphatic heterocycles. The molecule has 0 unspecified atom stereocenters. The van der Waals surface area contributed by atoms with Crippen LogP contribution in [0, 0.1) is 61.3 Å². The van der Waals surface area contributed by atoms with E-state index in [4.69, 9.17) is 20.9 Å². The molecule has 398 valence electrons. The van der Waals surface area contributed by atoms with E-state index in [1.807, 2.05) is 48.5 Å². The van der Waals surface area contributed by atoms with Crippen molar-refractivity contribution in [1.82, 2.24) is 0 Å². The Labute approximate surface area is 479 Å². The fraction of sp³-hybridized carbons (Fsp3) is 0.211. The van der Waals surface area contributed by atoms with Crippen molar-refractivity contribution >= 4 is 69.2 Å². The zero-order chi connectivity index (χ0) is 54.7. The second-order valence-electron chi connectivity index (χ2n) is 21.5. The normalized spacial score (nSPS) is 11.9. The molecule has 0 amide bonds. The van der Waals surface area contributed by atoms with E-state index in [-0.39, 0.29) is 31.4 Å². The molecule has 0 spiro atoms. The van der Waals surface area contributed by atoms with Crippen LogP contribution in [0.25, 0.3) is 32.7 Å². The molecule has 1 atom stereocenters. The standard InChI is InChI=1S/C52H48P2.C19H26N2O2.Ru/c1-33-21-34(2)26-43(25-33)53(44-27-35(3)22-36(4)28-44)49-19-17-41-13-9-11-15-47(41)51(49)52-48-16-12-10-14-42(48)18-20-50(52)54(45-29-37(5)23-38(6)30-45)46-31-39(7)24-40(8)32-46;1-13(2)18(20)19(21,14-5-9-16(22-3)10-6-14)15-7-11-17(23-4)12-8-15;/h9-32H,1-8H3;5-13,18H,20-21H2,1-4H3;/t;18-;/m.0./s1. The zero-order valence-electron chi connectivity index (χ0n) is 47.3. The van der Waals surface area contributed by atoms with Gasteiger partial charge in [0.1, 0.15) is 11.5 Å². The molecule has 4 nitrogen and oxygen atoms in total. The first kappa shape index (κ1) is 57.9. The van der Waals surface area contributed by atoms with Crippen molar-refractivity contribution in [3.8, 4) is 22.6 Å². The van der Waals surface area contributed by atoms with Crippen molar-refractivity contribution in [2.75, 3.05) is 14.2 Å². The number of aryl methyl sites for hydroxylation is 8. The Morgan fingerprint density at radius 1 is 0.385 bits per heavy atom. The molecule has 0 aliphatic carbocycles. The van der Waals surface area contributed by atoms with Crippen LogP contribution in [0.4, 0.5) is 0 Å². The third-order valence-electron chi connectivity index (χ3n) is 14.8. The van der Waals surface area contributed by atoms with E-state index >= 15 is 0 Å². The van der Waals surface area contributed by atoms with Gasteiger partial charge in [-0.1, -0.05) is 228 Å². The van der Waals surface area contributed by atoms with Crippen LogP contribution >= 0.6 is 15.8 Å². The molecular formula is C71H74N2O2P2Ru. The number of benzene rings is 10. The topological polar surface area (TPSA) is 70.5 Å². The largest absolute Gasteiger partial charge is 0.497 e. The minimum Gasteiger partial charge on any atom is -0.497 e. The van der Waals surface area contributed by atoms with Crippen molar-refractivity contribution < 1.29 is 29.0 Å². The van der Waals surface area contributed by atoms with Crippen LogP contribution in [0.2, 0.25) is 0 Å². The molecule has 78 heavy (non-hydrogen) atoms. The predicted octanol–water partition coefficient (Wildman–Crippen LogP) is 14.5. The van der Waals surface area contributed by atoms with Gasteiger partial charge in [0.15, 0.2) is 0 Å². The molecule has 4 N–H and O–H groups in total. The van der Waals surface area contributed by atoms with E-state index in [0.717, 1.165) is 22.6 Å². The molecule has 0 saturated carbocycles. The summed E-state index contributed by atoms with van der Waals surface area (Å²) >= 11 is 0. The Hall–Kier alpha value is -6.28. The van der Waals surface area contributed by atoms with Gasteiger partial charge in [-0.05, 0) is 177 Å². The maximum absolute atomic E-state index is 6.86. The molecule has 7 heteroatoms. The predicted molar refractivity (Wildman–Crippen MR) is 336 cm³/mol. The summed E-state index contributed by atoms with van der Waals surface area (Å²) in [5.74, 6) is 1.82. The maximum Gasteiger partial charge on any atom is 0.118 e. The summed E-state index contributed by atoms with van der Waals surface area (Å²) in [5.41, 5.74) is 27.7. The number of hydrogen-bond acceptors (Lipinski definition) is 4. The van der Waals surface area contributed by atoms with Gasteiger partial charge in [-0.25, -0.2) is 0 Å². The summed E-state index contributed by atoms with van der Waals surface area (Å²) in [4.78, 5) is 0. The van der Waals surface area contributed by atoms with Crippen LogP contribution in [0.1, 0.15) is 69.5 Å². The summed E-state index contributed by atoms with van der Waals surface area (Å²) in [6, 6.07) is 71.9. The first-order valence-corrected chi connectivity index (χ1v) is 29.4. The quantitative estimate of drug-likeness (QED) is 0.0891. The average Bonchev–Trinajstić information content (AvgIpc) is 3.52. The van der Waals surface area contributed by atoms with E-state index in [2.05, 4.69) is 215 Å². The molecule has 0 heterocycles. The van der Waals surface area contributed by atoms with Gasteiger partial charge in [0, 0.05) is 25.5 Å². The summed E-state index contributed by atoms with van der Waals surface area (Å²) in [7, 11) is 1.42. The molecule has 0 fully saturated rings. The minimum atomic E-state index is -0.937. The van der Waals surface area contributed by atoms with Gasteiger partial charge in [-0.3, -0.25) is 0 Å². The first-order valence-electron chi connectivity index (χ1n) is 26.8. The van der Waals surface area contributed by atoms with Crippen LogP contribution < -0.4 is 52.8 Å². The summed E-state index contributed by atoms with van der Waals surface area (Å²) in [5, 5.41) is 13.6. The van der Waals surface area contributed by atoms with Crippen LogP contribution in [0.5, 0.6) is 11.5 Å². The van der Waals surface area contributed by atoms with Crippen molar-refractivity contribution in [1.29, 1.82) is 0 Å². The number of methoxy groups -OCH3 is 2. The fourth-order valence-corrected chi connectivity index (χ4v) is 17.1. The third kappa shape index (κ3) is 12.3. The van der Waals surface area contributed by atoms with E-state index in [1.54, 1.807) is 14.2 Å². The maximum atomic E-state index is 6.86. The van der Waals surface area contributed by atoms with Gasteiger partial charge >= 0.3 is 0 Å². The van der Waals surface area contributed by atoms with Gasteiger partial charge in [0.2, 0.25) is 0 Å². The Kier molecular flexibility index (Phi) is 18.4. The molecule has 10 aromatic rings. The Morgan fingerprint density at radius 3 is 0.936 bits per heavy atom. The Bertz CT molecular complexity index is 3320. The molecule has 0 aromatic heterocycles. The first-order chi connectivity index (χ1) is 36.9. The van der Waals surface area contributed by atoms with Gasteiger partial charge in [0.05, 0.1) is 19.8 Å². The smallest absolute Gasteiger partial charge is 0.118 e. The average molecular weight is 1150 g/mol. The van der Waals surface area contributed by atoms with Gasteiger partial charge < -0.3 is 20.9 Å². The number of ether oxygens (including phenoxy) is 2. The number of nitrogens with two attached hydrogens (primary N) is 2. The fourth-order valence-electron chi connectivity index (χ4n) is 11.4. The van der Waals surface area contributed by atoms with E-state index in [1.165, 1.54) is 109 Å². The van der Waals surface area contributed by atoms with Gasteiger partial charge in [-0.15, -0.1) is 0 Å². The minimum absolute atomic E-state index is 0. The van der Waals surface area contributed by atoms with Crippen LogP contribution in [-0.2, 0) is 25.0 Å². The molecule has 10 aromatic carbocycles. The number of hydrogen-bond donors (Lipinski definition) is 2. The van der Waals surface area contributed by atoms with Crippen molar-refractivity contribution in [2.45, 2.75) is 80.8 Å². The van der Waals surface area contributed by atoms with Gasteiger partial charge in [0.25, 0.3) is 0 Å². The molecular weight excluding hydrogens is 1080 g/mol. The molecule has 10 rings (SSSR count). The van der Waals surface area contributed by atoms with Crippen LogP contribution in [0.15, 0.2) is 194 Å². The zero-order valence-corrected chi connectivity index (χ0v) is 50.9. The van der Waals surface area contributed by atoms with E-state index < -0.39 is 21.4 Å². The van der Waals surface area contributed by atoms with Crippen LogP contribution in [-0.4, -0.2) is 20.3 Å². The van der Waals surface area contributed by atoms with Crippen LogP contribution in [0.3, 0.4) is 0 Å². The Balaban J connectivity index is 0.000000281.